The summed E-state index contributed by atoms with van der Waals surface area (Å²) in [6, 6.07) is 5.42. The van der Waals surface area contributed by atoms with Crippen molar-refractivity contribution in [1.82, 2.24) is 4.90 Å². The number of piperidine rings is 1. The first-order chi connectivity index (χ1) is 9.62. The monoisotopic (exact) mass is 278 g/mol. The molecule has 1 aliphatic heterocycles. The van der Waals surface area contributed by atoms with E-state index in [9.17, 15) is 10.1 Å². The average Bonchev–Trinajstić information content (AvgIpc) is 2.47. The lowest BCUT2D eigenvalue weighted by molar-refractivity contribution is -0.384. The molecule has 0 aromatic heterocycles. The Hall–Kier alpha value is -1.82. The van der Waals surface area contributed by atoms with Crippen molar-refractivity contribution in [2.45, 2.75) is 25.8 Å². The number of benzene rings is 1. The standard InChI is InChI=1S/C14H22N4O2/c1-3-17-6-4-5-11(10-17)16-13-7-12(15-2)8-14(9-13)18(19)20/h7-9,11,15-16H,3-6,10H2,1-2H3. The van der Waals surface area contributed by atoms with Crippen molar-refractivity contribution in [3.8, 4) is 0 Å². The molecule has 0 saturated carbocycles. The quantitative estimate of drug-likeness (QED) is 0.640. The average molecular weight is 278 g/mol. The van der Waals surface area contributed by atoms with Crippen LogP contribution in [0, 0.1) is 10.1 Å². The van der Waals surface area contributed by atoms with Crippen LogP contribution in [0.1, 0.15) is 19.8 Å². The minimum absolute atomic E-state index is 0.113. The molecule has 1 fully saturated rings. The smallest absolute Gasteiger partial charge is 0.273 e. The van der Waals surface area contributed by atoms with Crippen LogP contribution in [0.2, 0.25) is 0 Å². The Labute approximate surface area is 119 Å². The van der Waals surface area contributed by atoms with E-state index in [1.807, 2.05) is 6.07 Å². The third kappa shape index (κ3) is 3.60. The van der Waals surface area contributed by atoms with Gasteiger partial charge >= 0.3 is 0 Å². The summed E-state index contributed by atoms with van der Waals surface area (Å²) < 4.78 is 0. The molecular formula is C14H22N4O2. The van der Waals surface area contributed by atoms with Crippen molar-refractivity contribution in [2.24, 2.45) is 0 Å². The molecular weight excluding hydrogens is 256 g/mol. The minimum atomic E-state index is -0.356. The van der Waals surface area contributed by atoms with E-state index in [0.29, 0.717) is 6.04 Å². The van der Waals surface area contributed by atoms with E-state index in [1.165, 1.54) is 6.42 Å². The second-order valence-corrected chi connectivity index (χ2v) is 5.15. The zero-order valence-electron chi connectivity index (χ0n) is 12.1. The van der Waals surface area contributed by atoms with Gasteiger partial charge < -0.3 is 15.5 Å². The SMILES string of the molecule is CCN1CCCC(Nc2cc(NC)cc([N+](=O)[O-])c2)C1. The maximum absolute atomic E-state index is 11.0. The second-order valence-electron chi connectivity index (χ2n) is 5.15. The third-order valence-corrected chi connectivity index (χ3v) is 3.74. The van der Waals surface area contributed by atoms with E-state index in [0.717, 1.165) is 37.4 Å². The van der Waals surface area contributed by atoms with Gasteiger partial charge in [-0.1, -0.05) is 6.92 Å². The van der Waals surface area contributed by atoms with Gasteiger partial charge in [0.1, 0.15) is 0 Å². The van der Waals surface area contributed by atoms with Crippen molar-refractivity contribution in [3.05, 3.63) is 28.3 Å². The third-order valence-electron chi connectivity index (χ3n) is 3.74. The van der Waals surface area contributed by atoms with Crippen LogP contribution in [-0.2, 0) is 0 Å². The molecule has 1 aromatic carbocycles. The number of likely N-dealkylation sites (N-methyl/N-ethyl adjacent to an activating group) is 1. The number of anilines is 2. The summed E-state index contributed by atoms with van der Waals surface area (Å²) >= 11 is 0. The molecule has 0 amide bonds. The molecule has 6 nitrogen and oxygen atoms in total. The lowest BCUT2D eigenvalue weighted by Crippen LogP contribution is -2.41. The molecule has 1 aliphatic rings. The first-order valence-corrected chi connectivity index (χ1v) is 7.08. The number of nitrogens with zero attached hydrogens (tertiary/aromatic N) is 2. The highest BCUT2D eigenvalue weighted by Crippen LogP contribution is 2.25. The Morgan fingerprint density at radius 1 is 1.40 bits per heavy atom. The normalized spacial score (nSPS) is 19.6. The Balaban J connectivity index is 2.11. The Bertz CT molecular complexity index is 478. The molecule has 0 aliphatic carbocycles. The van der Waals surface area contributed by atoms with Gasteiger partial charge in [-0.2, -0.15) is 0 Å². The summed E-state index contributed by atoms with van der Waals surface area (Å²) in [7, 11) is 1.77. The number of hydrogen-bond acceptors (Lipinski definition) is 5. The molecule has 2 rings (SSSR count). The number of rotatable bonds is 5. The lowest BCUT2D eigenvalue weighted by atomic mass is 10.1. The second kappa shape index (κ2) is 6.56. The molecule has 1 aromatic rings. The lowest BCUT2D eigenvalue weighted by Gasteiger charge is -2.32. The van der Waals surface area contributed by atoms with E-state index in [1.54, 1.807) is 19.2 Å². The fourth-order valence-corrected chi connectivity index (χ4v) is 2.64. The summed E-state index contributed by atoms with van der Waals surface area (Å²) in [5.74, 6) is 0. The van der Waals surface area contributed by atoms with E-state index in [-0.39, 0.29) is 10.6 Å². The summed E-state index contributed by atoms with van der Waals surface area (Å²) in [6.07, 6.45) is 2.27. The minimum Gasteiger partial charge on any atom is -0.388 e. The first-order valence-electron chi connectivity index (χ1n) is 7.08. The highest BCUT2D eigenvalue weighted by Gasteiger charge is 2.19. The van der Waals surface area contributed by atoms with Crippen LogP contribution in [0.25, 0.3) is 0 Å². The van der Waals surface area contributed by atoms with Crippen LogP contribution in [0.4, 0.5) is 17.1 Å². The van der Waals surface area contributed by atoms with Gasteiger partial charge in [-0.3, -0.25) is 10.1 Å². The molecule has 110 valence electrons. The van der Waals surface area contributed by atoms with Crippen LogP contribution >= 0.6 is 0 Å². The van der Waals surface area contributed by atoms with Crippen LogP contribution in [-0.4, -0.2) is 42.5 Å². The van der Waals surface area contributed by atoms with E-state index in [4.69, 9.17) is 0 Å². The van der Waals surface area contributed by atoms with Crippen molar-refractivity contribution < 1.29 is 4.92 Å². The fraction of sp³-hybridized carbons (Fsp3) is 0.571. The van der Waals surface area contributed by atoms with E-state index in [2.05, 4.69) is 22.5 Å². The maximum atomic E-state index is 11.0. The van der Waals surface area contributed by atoms with Crippen molar-refractivity contribution in [2.75, 3.05) is 37.3 Å². The van der Waals surface area contributed by atoms with Gasteiger partial charge in [0.15, 0.2) is 0 Å². The Morgan fingerprint density at radius 2 is 2.15 bits per heavy atom. The number of hydrogen-bond donors (Lipinski definition) is 2. The molecule has 0 spiro atoms. The van der Waals surface area contributed by atoms with Gasteiger partial charge in [-0.05, 0) is 32.0 Å². The van der Waals surface area contributed by atoms with Gasteiger partial charge in [-0.15, -0.1) is 0 Å². The Kier molecular flexibility index (Phi) is 4.79. The highest BCUT2D eigenvalue weighted by molar-refractivity contribution is 5.63. The maximum Gasteiger partial charge on any atom is 0.273 e. The van der Waals surface area contributed by atoms with E-state index < -0.39 is 0 Å². The van der Waals surface area contributed by atoms with Crippen LogP contribution in [0.3, 0.4) is 0 Å². The molecule has 0 bridgehead atoms. The Morgan fingerprint density at radius 3 is 2.80 bits per heavy atom. The molecule has 1 atom stereocenters. The van der Waals surface area contributed by atoms with Crippen molar-refractivity contribution >= 4 is 17.1 Å². The van der Waals surface area contributed by atoms with Gasteiger partial charge in [-0.25, -0.2) is 0 Å². The summed E-state index contributed by atoms with van der Waals surface area (Å²) in [5, 5.41) is 17.3. The number of likely N-dealkylation sites (tertiary alicyclic amines) is 1. The molecule has 0 radical (unpaired) electrons. The predicted octanol–water partition coefficient (Wildman–Crippen LogP) is 2.53. The fourth-order valence-electron chi connectivity index (χ4n) is 2.64. The van der Waals surface area contributed by atoms with Gasteiger partial charge in [0.05, 0.1) is 4.92 Å². The number of nitro groups is 1. The molecule has 20 heavy (non-hydrogen) atoms. The van der Waals surface area contributed by atoms with Crippen LogP contribution in [0.5, 0.6) is 0 Å². The van der Waals surface area contributed by atoms with Gasteiger partial charge in [0, 0.05) is 43.1 Å². The molecule has 2 N–H and O–H groups in total. The van der Waals surface area contributed by atoms with E-state index >= 15 is 0 Å². The van der Waals surface area contributed by atoms with Crippen LogP contribution in [0.15, 0.2) is 18.2 Å². The molecule has 1 saturated heterocycles. The zero-order valence-corrected chi connectivity index (χ0v) is 12.1. The largest absolute Gasteiger partial charge is 0.388 e. The summed E-state index contributed by atoms with van der Waals surface area (Å²) in [6.45, 7) is 5.35. The molecule has 1 heterocycles. The number of nitrogens with one attached hydrogen (secondary N) is 2. The molecule has 6 heteroatoms. The first kappa shape index (κ1) is 14.6. The van der Waals surface area contributed by atoms with Gasteiger partial charge in [0.2, 0.25) is 0 Å². The number of nitro benzene ring substituents is 1. The predicted molar refractivity (Wildman–Crippen MR) is 81.4 cm³/mol. The van der Waals surface area contributed by atoms with Crippen molar-refractivity contribution in [3.63, 3.8) is 0 Å². The van der Waals surface area contributed by atoms with Crippen molar-refractivity contribution in [1.29, 1.82) is 0 Å². The number of non-ortho nitro benzene ring substituents is 1. The molecule has 1 unspecified atom stereocenters. The highest BCUT2D eigenvalue weighted by atomic mass is 16.6. The topological polar surface area (TPSA) is 70.4 Å². The zero-order chi connectivity index (χ0) is 14.5. The van der Waals surface area contributed by atoms with Crippen LogP contribution < -0.4 is 10.6 Å². The van der Waals surface area contributed by atoms with Gasteiger partial charge in [0.25, 0.3) is 5.69 Å². The summed E-state index contributed by atoms with van der Waals surface area (Å²) in [5.41, 5.74) is 1.68. The summed E-state index contributed by atoms with van der Waals surface area (Å²) in [4.78, 5) is 13.0.